The topological polar surface area (TPSA) is 56.1 Å². The molecule has 29 heavy (non-hydrogen) atoms. The first-order valence-electron chi connectivity index (χ1n) is 9.95. The van der Waals surface area contributed by atoms with Crippen molar-refractivity contribution >= 4 is 5.91 Å². The standard InChI is InChI=1S/C23H24FN3O2/c24-18-8-4-9-19(14-18)29-13-12-23(28)26-21-10-5-11-22-20(21)15-25-27(22)16-17-6-2-1-3-7-17/h1-4,6-9,14-15,21H,5,10-13,16H2,(H,26,28)/t21-/m1/s1. The lowest BCUT2D eigenvalue weighted by atomic mass is 9.92. The predicted molar refractivity (Wildman–Crippen MR) is 108 cm³/mol. The first-order valence-corrected chi connectivity index (χ1v) is 9.95. The Kier molecular flexibility index (Phi) is 5.89. The molecule has 0 bridgehead atoms. The van der Waals surface area contributed by atoms with Gasteiger partial charge in [0.05, 0.1) is 31.8 Å². The molecule has 1 aliphatic rings. The number of fused-ring (bicyclic) bond motifs is 1. The van der Waals surface area contributed by atoms with Crippen molar-refractivity contribution in [2.24, 2.45) is 0 Å². The van der Waals surface area contributed by atoms with Gasteiger partial charge in [0.25, 0.3) is 0 Å². The van der Waals surface area contributed by atoms with E-state index in [9.17, 15) is 9.18 Å². The molecule has 1 amide bonds. The minimum Gasteiger partial charge on any atom is -0.493 e. The normalized spacial score (nSPS) is 15.6. The lowest BCUT2D eigenvalue weighted by Gasteiger charge is -2.24. The second kappa shape index (κ2) is 8.90. The van der Waals surface area contributed by atoms with Gasteiger partial charge in [0.1, 0.15) is 11.6 Å². The third-order valence-electron chi connectivity index (χ3n) is 5.17. The van der Waals surface area contributed by atoms with Crippen LogP contribution in [0.3, 0.4) is 0 Å². The summed E-state index contributed by atoms with van der Waals surface area (Å²) in [5.41, 5.74) is 3.51. The van der Waals surface area contributed by atoms with Crippen LogP contribution in [0, 0.1) is 5.82 Å². The fourth-order valence-corrected chi connectivity index (χ4v) is 3.75. The van der Waals surface area contributed by atoms with Gasteiger partial charge < -0.3 is 10.1 Å². The van der Waals surface area contributed by atoms with Gasteiger partial charge in [-0.05, 0) is 37.0 Å². The number of hydrogen-bond donors (Lipinski definition) is 1. The maximum Gasteiger partial charge on any atom is 0.223 e. The van der Waals surface area contributed by atoms with Gasteiger partial charge >= 0.3 is 0 Å². The number of nitrogens with zero attached hydrogens (tertiary/aromatic N) is 2. The molecule has 1 heterocycles. The summed E-state index contributed by atoms with van der Waals surface area (Å²) in [6.45, 7) is 0.945. The third kappa shape index (κ3) is 4.83. The zero-order chi connectivity index (χ0) is 20.1. The Balaban J connectivity index is 1.34. The Bertz CT molecular complexity index is 971. The molecule has 0 saturated carbocycles. The van der Waals surface area contributed by atoms with Crippen LogP contribution in [-0.4, -0.2) is 22.3 Å². The van der Waals surface area contributed by atoms with E-state index in [0.717, 1.165) is 31.4 Å². The molecule has 0 saturated heterocycles. The molecule has 0 fully saturated rings. The average Bonchev–Trinajstić information content (AvgIpc) is 3.13. The molecule has 0 spiro atoms. The van der Waals surface area contributed by atoms with Gasteiger partial charge in [-0.25, -0.2) is 4.39 Å². The van der Waals surface area contributed by atoms with Crippen molar-refractivity contribution in [2.75, 3.05) is 6.61 Å². The summed E-state index contributed by atoms with van der Waals surface area (Å²) in [5.74, 6) is 0.00389. The van der Waals surface area contributed by atoms with Crippen molar-refractivity contribution in [3.8, 4) is 5.75 Å². The maximum atomic E-state index is 13.2. The lowest BCUT2D eigenvalue weighted by Crippen LogP contribution is -2.31. The number of carbonyl (C=O) groups excluding carboxylic acids is 1. The van der Waals surface area contributed by atoms with Crippen LogP contribution >= 0.6 is 0 Å². The van der Waals surface area contributed by atoms with Crippen LogP contribution in [0.1, 0.15) is 42.1 Å². The smallest absolute Gasteiger partial charge is 0.223 e. The van der Waals surface area contributed by atoms with Crippen molar-refractivity contribution in [2.45, 2.75) is 38.3 Å². The van der Waals surface area contributed by atoms with E-state index in [0.29, 0.717) is 5.75 Å². The van der Waals surface area contributed by atoms with Gasteiger partial charge in [-0.2, -0.15) is 5.10 Å². The van der Waals surface area contributed by atoms with Crippen LogP contribution in [0.15, 0.2) is 60.8 Å². The fraction of sp³-hybridized carbons (Fsp3) is 0.304. The van der Waals surface area contributed by atoms with E-state index >= 15 is 0 Å². The van der Waals surface area contributed by atoms with Crippen LogP contribution in [0.25, 0.3) is 0 Å². The number of aromatic nitrogens is 2. The first kappa shape index (κ1) is 19.2. The van der Waals surface area contributed by atoms with Crippen LogP contribution in [0.4, 0.5) is 4.39 Å². The number of amides is 1. The minimum atomic E-state index is -0.353. The second-order valence-corrected chi connectivity index (χ2v) is 7.26. The number of rotatable bonds is 7. The molecule has 1 aliphatic carbocycles. The number of ether oxygens (including phenoxy) is 1. The Morgan fingerprint density at radius 2 is 2.07 bits per heavy atom. The van der Waals surface area contributed by atoms with E-state index < -0.39 is 0 Å². The molecular formula is C23H24FN3O2. The number of hydrogen-bond acceptors (Lipinski definition) is 3. The van der Waals surface area contributed by atoms with Crippen molar-refractivity contribution in [1.29, 1.82) is 0 Å². The fourth-order valence-electron chi connectivity index (χ4n) is 3.75. The largest absolute Gasteiger partial charge is 0.493 e. The lowest BCUT2D eigenvalue weighted by molar-refractivity contribution is -0.122. The zero-order valence-electron chi connectivity index (χ0n) is 16.2. The highest BCUT2D eigenvalue weighted by Gasteiger charge is 2.25. The molecule has 5 nitrogen and oxygen atoms in total. The maximum absolute atomic E-state index is 13.2. The minimum absolute atomic E-state index is 0.0232. The quantitative estimate of drug-likeness (QED) is 0.659. The number of nitrogens with one attached hydrogen (secondary N) is 1. The summed E-state index contributed by atoms with van der Waals surface area (Å²) in [5, 5.41) is 7.67. The summed E-state index contributed by atoms with van der Waals surface area (Å²) >= 11 is 0. The Labute approximate surface area is 169 Å². The monoisotopic (exact) mass is 393 g/mol. The molecule has 1 aromatic heterocycles. The summed E-state index contributed by atoms with van der Waals surface area (Å²) in [6, 6.07) is 16.2. The molecule has 0 aliphatic heterocycles. The van der Waals surface area contributed by atoms with Crippen molar-refractivity contribution in [1.82, 2.24) is 15.1 Å². The van der Waals surface area contributed by atoms with Crippen LogP contribution in [0.2, 0.25) is 0 Å². The number of benzene rings is 2. The van der Waals surface area contributed by atoms with Gasteiger partial charge in [0.15, 0.2) is 0 Å². The first-order chi connectivity index (χ1) is 14.2. The van der Waals surface area contributed by atoms with Gasteiger partial charge in [0.2, 0.25) is 5.91 Å². The number of halogens is 1. The molecule has 6 heteroatoms. The van der Waals surface area contributed by atoms with E-state index in [4.69, 9.17) is 4.74 Å². The molecule has 4 rings (SSSR count). The second-order valence-electron chi connectivity index (χ2n) is 7.26. The van der Waals surface area contributed by atoms with Gasteiger partial charge in [-0.1, -0.05) is 36.4 Å². The van der Waals surface area contributed by atoms with Crippen LogP contribution in [0.5, 0.6) is 5.75 Å². The van der Waals surface area contributed by atoms with Crippen LogP contribution < -0.4 is 10.1 Å². The van der Waals surface area contributed by atoms with Gasteiger partial charge in [-0.3, -0.25) is 9.48 Å². The predicted octanol–water partition coefficient (Wildman–Crippen LogP) is 4.03. The van der Waals surface area contributed by atoms with E-state index in [-0.39, 0.29) is 30.8 Å². The molecule has 0 unspecified atom stereocenters. The number of carbonyl (C=O) groups is 1. The molecule has 3 aromatic rings. The van der Waals surface area contributed by atoms with Crippen molar-refractivity contribution < 1.29 is 13.9 Å². The Morgan fingerprint density at radius 3 is 2.90 bits per heavy atom. The van der Waals surface area contributed by atoms with Gasteiger partial charge in [0, 0.05) is 17.3 Å². The highest BCUT2D eigenvalue weighted by atomic mass is 19.1. The van der Waals surface area contributed by atoms with Crippen molar-refractivity contribution in [3.63, 3.8) is 0 Å². The van der Waals surface area contributed by atoms with Gasteiger partial charge in [-0.15, -0.1) is 0 Å². The zero-order valence-corrected chi connectivity index (χ0v) is 16.2. The Hall–Kier alpha value is -3.15. The van der Waals surface area contributed by atoms with E-state index in [1.807, 2.05) is 29.1 Å². The summed E-state index contributed by atoms with van der Waals surface area (Å²) in [4.78, 5) is 12.4. The summed E-state index contributed by atoms with van der Waals surface area (Å²) in [6.07, 6.45) is 4.99. The molecule has 2 aromatic carbocycles. The summed E-state index contributed by atoms with van der Waals surface area (Å²) in [7, 11) is 0. The van der Waals surface area contributed by atoms with Crippen molar-refractivity contribution in [3.05, 3.63) is 83.4 Å². The molecule has 1 N–H and O–H groups in total. The molecule has 150 valence electrons. The highest BCUT2D eigenvalue weighted by Crippen LogP contribution is 2.30. The van der Waals surface area contributed by atoms with E-state index in [1.54, 1.807) is 12.1 Å². The average molecular weight is 393 g/mol. The Morgan fingerprint density at radius 1 is 1.21 bits per heavy atom. The summed E-state index contributed by atoms with van der Waals surface area (Å²) < 4.78 is 20.7. The molecule has 1 atom stereocenters. The third-order valence-corrected chi connectivity index (χ3v) is 5.17. The van der Waals surface area contributed by atoms with E-state index in [2.05, 4.69) is 22.5 Å². The highest BCUT2D eigenvalue weighted by molar-refractivity contribution is 5.76. The van der Waals surface area contributed by atoms with E-state index in [1.165, 1.54) is 23.4 Å². The molecule has 0 radical (unpaired) electrons. The van der Waals surface area contributed by atoms with Crippen LogP contribution in [-0.2, 0) is 17.8 Å². The molecular weight excluding hydrogens is 369 g/mol. The SMILES string of the molecule is O=C(CCOc1cccc(F)c1)N[C@@H]1CCCc2c1cnn2Cc1ccccc1.